The van der Waals surface area contributed by atoms with Crippen molar-refractivity contribution in [3.05, 3.63) is 53.1 Å². The predicted octanol–water partition coefficient (Wildman–Crippen LogP) is 3.53. The molecule has 35 heavy (non-hydrogen) atoms. The normalized spacial score (nSPS) is 17.5. The summed E-state index contributed by atoms with van der Waals surface area (Å²) in [5, 5.41) is 27.8. The van der Waals surface area contributed by atoms with Gasteiger partial charge in [0, 0.05) is 18.5 Å². The van der Waals surface area contributed by atoms with Crippen molar-refractivity contribution in [3.8, 4) is 28.4 Å². The van der Waals surface area contributed by atoms with Gasteiger partial charge in [-0.2, -0.15) is 5.10 Å². The Morgan fingerprint density at radius 3 is 2.83 bits per heavy atom. The smallest absolute Gasteiger partial charge is 0.320 e. The number of nitrogens with zero attached hydrogens (tertiary/aromatic N) is 4. The third kappa shape index (κ3) is 3.61. The average Bonchev–Trinajstić information content (AvgIpc) is 3.62. The minimum atomic E-state index is -0.652. The molecule has 1 unspecified atom stereocenters. The molecule has 4 N–H and O–H groups in total. The van der Waals surface area contributed by atoms with Crippen molar-refractivity contribution in [2.45, 2.75) is 39.0 Å². The molecule has 0 spiro atoms. The minimum absolute atomic E-state index is 0.0793. The van der Waals surface area contributed by atoms with E-state index in [4.69, 9.17) is 4.98 Å². The molecule has 0 bridgehead atoms. The van der Waals surface area contributed by atoms with Crippen molar-refractivity contribution in [1.29, 1.82) is 0 Å². The second-order valence-corrected chi connectivity index (χ2v) is 9.18. The number of amides is 2. The fraction of sp³-hybridized carbons (Fsp3) is 0.320. The molecule has 2 aliphatic rings. The summed E-state index contributed by atoms with van der Waals surface area (Å²) in [6.07, 6.45) is 0.827. The molecule has 4 aromatic rings. The Labute approximate surface area is 200 Å². The fourth-order valence-corrected chi connectivity index (χ4v) is 5.03. The third-order valence-corrected chi connectivity index (χ3v) is 6.91. The molecule has 0 saturated carbocycles. The predicted molar refractivity (Wildman–Crippen MR) is 127 cm³/mol. The number of aromatic amines is 2. The highest BCUT2D eigenvalue weighted by Crippen LogP contribution is 2.34. The summed E-state index contributed by atoms with van der Waals surface area (Å²) in [7, 11) is 0. The van der Waals surface area contributed by atoms with E-state index in [0.717, 1.165) is 39.0 Å². The van der Waals surface area contributed by atoms with E-state index in [1.165, 1.54) is 12.1 Å². The summed E-state index contributed by atoms with van der Waals surface area (Å²) in [4.78, 5) is 24.2. The highest BCUT2D eigenvalue weighted by molar-refractivity contribution is 5.94. The Balaban J connectivity index is 1.26. The van der Waals surface area contributed by atoms with Crippen LogP contribution < -0.4 is 0 Å². The van der Waals surface area contributed by atoms with Crippen LogP contribution >= 0.6 is 0 Å². The van der Waals surface area contributed by atoms with E-state index in [1.54, 1.807) is 9.80 Å². The van der Waals surface area contributed by atoms with Crippen molar-refractivity contribution in [2.75, 3.05) is 13.1 Å². The molecule has 6 rings (SSSR count). The molecule has 2 aliphatic heterocycles. The lowest BCUT2D eigenvalue weighted by Crippen LogP contribution is -2.39. The zero-order valence-electron chi connectivity index (χ0n) is 19.2. The highest BCUT2D eigenvalue weighted by atomic mass is 19.1. The molecule has 10 heteroatoms. The summed E-state index contributed by atoms with van der Waals surface area (Å²) in [6, 6.07) is 8.50. The van der Waals surface area contributed by atoms with Gasteiger partial charge in [0.15, 0.2) is 17.4 Å². The number of likely N-dealkylation sites (tertiary alicyclic amines) is 1. The summed E-state index contributed by atoms with van der Waals surface area (Å²) < 4.78 is 14.1. The van der Waals surface area contributed by atoms with Crippen LogP contribution in [-0.2, 0) is 19.5 Å². The Bertz CT molecular complexity index is 1440. The van der Waals surface area contributed by atoms with Gasteiger partial charge in [0.25, 0.3) is 0 Å². The first-order valence-corrected chi connectivity index (χ1v) is 11.7. The van der Waals surface area contributed by atoms with Crippen LogP contribution in [0.1, 0.15) is 30.3 Å². The molecule has 180 valence electrons. The lowest BCUT2D eigenvalue weighted by molar-refractivity contribution is 0.145. The number of carbonyl (C=O) groups excluding carboxylic acids is 1. The van der Waals surface area contributed by atoms with Crippen molar-refractivity contribution in [1.82, 2.24) is 30.0 Å². The number of benzene rings is 2. The lowest BCUT2D eigenvalue weighted by Gasteiger charge is -2.23. The van der Waals surface area contributed by atoms with Crippen molar-refractivity contribution in [2.24, 2.45) is 0 Å². The number of aryl methyl sites for hydroxylation is 1. The second-order valence-electron chi connectivity index (χ2n) is 9.18. The summed E-state index contributed by atoms with van der Waals surface area (Å²) in [6.45, 7) is 3.76. The number of H-pyrrole nitrogens is 2. The van der Waals surface area contributed by atoms with Gasteiger partial charge in [-0.05, 0) is 53.8 Å². The van der Waals surface area contributed by atoms with Crippen LogP contribution in [0.4, 0.5) is 9.18 Å². The van der Waals surface area contributed by atoms with Gasteiger partial charge >= 0.3 is 6.03 Å². The number of aliphatic hydroxyl groups excluding tert-OH is 1. The first-order valence-electron chi connectivity index (χ1n) is 11.7. The monoisotopic (exact) mass is 476 g/mol. The van der Waals surface area contributed by atoms with Crippen LogP contribution in [0.3, 0.4) is 0 Å². The minimum Gasteiger partial charge on any atom is -0.505 e. The Morgan fingerprint density at radius 1 is 1.23 bits per heavy atom. The van der Waals surface area contributed by atoms with Crippen molar-refractivity contribution < 1.29 is 19.4 Å². The number of phenols is 1. The maximum absolute atomic E-state index is 14.1. The molecular weight excluding hydrogens is 451 g/mol. The van der Waals surface area contributed by atoms with E-state index in [2.05, 4.69) is 15.2 Å². The fourth-order valence-electron chi connectivity index (χ4n) is 5.03. The topological polar surface area (TPSA) is 121 Å². The standard InChI is InChI=1S/C25H25FN6O3/c1-2-13-8-22(34)18(26)9-17(13)14-3-4-16-19(7-14)29-30-23(16)24-27-20-11-32(12-21(20)28-24)25(35)31-6-5-15(33)10-31/h3-4,7-9,15,33-34H,2,5-6,10-12H2,1H3,(H,27,28)(H,29,30). The van der Waals surface area contributed by atoms with Crippen LogP contribution in [-0.4, -0.2) is 65.4 Å². The third-order valence-electron chi connectivity index (χ3n) is 6.91. The molecule has 0 radical (unpaired) electrons. The summed E-state index contributed by atoms with van der Waals surface area (Å²) >= 11 is 0. The zero-order valence-corrected chi connectivity index (χ0v) is 19.2. The van der Waals surface area contributed by atoms with Crippen LogP contribution in [0.2, 0.25) is 0 Å². The largest absolute Gasteiger partial charge is 0.505 e. The summed E-state index contributed by atoms with van der Waals surface area (Å²) in [5.74, 6) is -0.372. The van der Waals surface area contributed by atoms with Gasteiger partial charge in [0.05, 0.1) is 36.1 Å². The number of aliphatic hydroxyl groups is 1. The van der Waals surface area contributed by atoms with E-state index >= 15 is 0 Å². The second kappa shape index (κ2) is 8.09. The summed E-state index contributed by atoms with van der Waals surface area (Å²) in [5.41, 5.74) is 5.57. The van der Waals surface area contributed by atoms with Gasteiger partial charge < -0.3 is 25.0 Å². The average molecular weight is 477 g/mol. The number of rotatable bonds is 3. The first-order chi connectivity index (χ1) is 16.9. The van der Waals surface area contributed by atoms with Crippen LogP contribution in [0, 0.1) is 5.82 Å². The number of fused-ring (bicyclic) bond motifs is 2. The molecule has 9 nitrogen and oxygen atoms in total. The van der Waals surface area contributed by atoms with E-state index in [1.807, 2.05) is 25.1 Å². The number of halogens is 1. The SMILES string of the molecule is CCc1cc(O)c(F)cc1-c1ccc2c(-c3nc4c([nH]3)CN(C(=O)N3CCC(O)C3)C4)n[nH]c2c1. The molecule has 1 fully saturated rings. The molecule has 1 saturated heterocycles. The number of carbonyl (C=O) groups is 1. The van der Waals surface area contributed by atoms with E-state index < -0.39 is 11.9 Å². The van der Waals surface area contributed by atoms with Gasteiger partial charge in [0.2, 0.25) is 0 Å². The first kappa shape index (κ1) is 21.6. The maximum atomic E-state index is 14.1. The maximum Gasteiger partial charge on any atom is 0.320 e. The van der Waals surface area contributed by atoms with Gasteiger partial charge in [-0.25, -0.2) is 14.2 Å². The van der Waals surface area contributed by atoms with Gasteiger partial charge in [-0.1, -0.05) is 13.0 Å². The van der Waals surface area contributed by atoms with E-state index in [9.17, 15) is 19.4 Å². The van der Waals surface area contributed by atoms with Crippen LogP contribution in [0.15, 0.2) is 30.3 Å². The highest BCUT2D eigenvalue weighted by Gasteiger charge is 2.33. The Morgan fingerprint density at radius 2 is 2.09 bits per heavy atom. The van der Waals surface area contributed by atoms with Crippen molar-refractivity contribution >= 4 is 16.9 Å². The lowest BCUT2D eigenvalue weighted by atomic mass is 9.96. The van der Waals surface area contributed by atoms with Crippen LogP contribution in [0.5, 0.6) is 5.75 Å². The van der Waals surface area contributed by atoms with E-state index in [0.29, 0.717) is 50.5 Å². The van der Waals surface area contributed by atoms with Gasteiger partial charge in [-0.15, -0.1) is 0 Å². The Hall–Kier alpha value is -3.92. The Kier molecular flexibility index (Phi) is 4.99. The number of hydrogen-bond donors (Lipinski definition) is 4. The quantitative estimate of drug-likeness (QED) is 0.360. The number of nitrogens with one attached hydrogen (secondary N) is 2. The number of phenolic OH excluding ortho intramolecular Hbond substituents is 1. The number of aromatic nitrogens is 4. The van der Waals surface area contributed by atoms with Gasteiger partial charge in [0.1, 0.15) is 5.69 Å². The number of aromatic hydroxyl groups is 1. The molecule has 2 aromatic carbocycles. The number of hydrogen-bond acceptors (Lipinski definition) is 5. The van der Waals surface area contributed by atoms with E-state index in [-0.39, 0.29) is 11.8 Å². The molecule has 2 amide bonds. The number of imidazole rings is 1. The van der Waals surface area contributed by atoms with Crippen molar-refractivity contribution in [3.63, 3.8) is 0 Å². The molecular formula is C25H25FN6O3. The zero-order chi connectivity index (χ0) is 24.3. The number of urea groups is 1. The van der Waals surface area contributed by atoms with Gasteiger partial charge in [-0.3, -0.25) is 5.10 Å². The van der Waals surface area contributed by atoms with Crippen LogP contribution in [0.25, 0.3) is 33.5 Å². The molecule has 0 aliphatic carbocycles. The molecule has 1 atom stereocenters. The molecule has 4 heterocycles. The number of β-amino-alcohol motifs (C(OH)–C–C–N with tert-alkyl or cyclic N) is 1. The molecule has 2 aromatic heterocycles.